The summed E-state index contributed by atoms with van der Waals surface area (Å²) in [7, 11) is 0. The molecule has 6 heteroatoms. The van der Waals surface area contributed by atoms with E-state index in [0.29, 0.717) is 22.5 Å². The van der Waals surface area contributed by atoms with Crippen molar-refractivity contribution in [1.29, 1.82) is 0 Å². The van der Waals surface area contributed by atoms with Crippen LogP contribution < -0.4 is 10.1 Å². The first-order valence-electron chi connectivity index (χ1n) is 5.81. The standard InChI is InChI=1S/C13H13BrClN3O/c1-3-16-12-7-13(18-8(2)17-12)19-11-5-4-9(14)6-10(11)15/h4-7H,3H2,1-2H3,(H,16,17,18). The number of hydrogen-bond donors (Lipinski definition) is 1. The molecule has 0 fully saturated rings. The van der Waals surface area contributed by atoms with Crippen LogP contribution >= 0.6 is 27.5 Å². The number of aryl methyl sites for hydroxylation is 1. The number of ether oxygens (including phenoxy) is 1. The molecule has 2 aromatic rings. The summed E-state index contributed by atoms with van der Waals surface area (Å²) in [4.78, 5) is 8.49. The molecule has 19 heavy (non-hydrogen) atoms. The zero-order valence-corrected chi connectivity index (χ0v) is 12.9. The van der Waals surface area contributed by atoms with Crippen LogP contribution in [0.15, 0.2) is 28.7 Å². The summed E-state index contributed by atoms with van der Waals surface area (Å²) < 4.78 is 6.59. The lowest BCUT2D eigenvalue weighted by Crippen LogP contribution is -2.02. The quantitative estimate of drug-likeness (QED) is 0.893. The van der Waals surface area contributed by atoms with Crippen LogP contribution in [0.25, 0.3) is 0 Å². The van der Waals surface area contributed by atoms with E-state index in [1.165, 1.54) is 0 Å². The van der Waals surface area contributed by atoms with E-state index in [1.807, 2.05) is 19.9 Å². The summed E-state index contributed by atoms with van der Waals surface area (Å²) in [6.07, 6.45) is 0. The second-order valence-electron chi connectivity index (χ2n) is 3.85. The van der Waals surface area contributed by atoms with Crippen LogP contribution in [0.2, 0.25) is 5.02 Å². The summed E-state index contributed by atoms with van der Waals surface area (Å²) in [5.41, 5.74) is 0. The maximum absolute atomic E-state index is 6.11. The number of rotatable bonds is 4. The van der Waals surface area contributed by atoms with Gasteiger partial charge in [-0.15, -0.1) is 0 Å². The van der Waals surface area contributed by atoms with Gasteiger partial charge in [-0.2, -0.15) is 4.98 Å². The normalized spacial score (nSPS) is 10.3. The number of aromatic nitrogens is 2. The highest BCUT2D eigenvalue weighted by atomic mass is 79.9. The van der Waals surface area contributed by atoms with Gasteiger partial charge in [0.05, 0.1) is 5.02 Å². The maximum atomic E-state index is 6.11. The van der Waals surface area contributed by atoms with E-state index in [1.54, 1.807) is 18.2 Å². The Morgan fingerprint density at radius 1 is 1.32 bits per heavy atom. The van der Waals surface area contributed by atoms with Crippen LogP contribution in [0.5, 0.6) is 11.6 Å². The predicted octanol–water partition coefficient (Wildman–Crippen LogP) is 4.43. The molecule has 4 nitrogen and oxygen atoms in total. The van der Waals surface area contributed by atoms with Gasteiger partial charge in [0.1, 0.15) is 17.4 Å². The molecule has 0 saturated carbocycles. The molecular weight excluding hydrogens is 330 g/mol. The highest BCUT2D eigenvalue weighted by molar-refractivity contribution is 9.10. The van der Waals surface area contributed by atoms with Gasteiger partial charge in [-0.3, -0.25) is 0 Å². The lowest BCUT2D eigenvalue weighted by atomic mass is 10.3. The van der Waals surface area contributed by atoms with Crippen molar-refractivity contribution in [3.63, 3.8) is 0 Å². The third-order valence-corrected chi connectivity index (χ3v) is 3.07. The van der Waals surface area contributed by atoms with Crippen LogP contribution in [0.4, 0.5) is 5.82 Å². The molecule has 0 aliphatic heterocycles. The fraction of sp³-hybridized carbons (Fsp3) is 0.231. The Morgan fingerprint density at radius 3 is 2.79 bits per heavy atom. The average molecular weight is 343 g/mol. The topological polar surface area (TPSA) is 47.0 Å². The lowest BCUT2D eigenvalue weighted by Gasteiger charge is -2.09. The molecule has 0 unspecified atom stereocenters. The van der Waals surface area contributed by atoms with E-state index in [0.717, 1.165) is 16.8 Å². The number of halogens is 2. The van der Waals surface area contributed by atoms with Crippen molar-refractivity contribution in [3.8, 4) is 11.6 Å². The van der Waals surface area contributed by atoms with Gasteiger partial charge >= 0.3 is 0 Å². The summed E-state index contributed by atoms with van der Waals surface area (Å²) in [5.74, 6) is 2.40. The second-order valence-corrected chi connectivity index (χ2v) is 5.17. The summed E-state index contributed by atoms with van der Waals surface area (Å²) in [6, 6.07) is 7.17. The van der Waals surface area contributed by atoms with Crippen LogP contribution in [0, 0.1) is 6.92 Å². The molecule has 0 spiro atoms. The molecule has 1 N–H and O–H groups in total. The van der Waals surface area contributed by atoms with Crippen LogP contribution in [-0.2, 0) is 0 Å². The minimum Gasteiger partial charge on any atom is -0.437 e. The molecule has 0 amide bonds. The summed E-state index contributed by atoms with van der Waals surface area (Å²) in [5, 5.41) is 3.65. The van der Waals surface area contributed by atoms with E-state index in [2.05, 4.69) is 31.2 Å². The third-order valence-electron chi connectivity index (χ3n) is 2.28. The van der Waals surface area contributed by atoms with E-state index < -0.39 is 0 Å². The van der Waals surface area contributed by atoms with Crippen LogP contribution in [0.1, 0.15) is 12.7 Å². The molecule has 0 atom stereocenters. The van der Waals surface area contributed by atoms with Crippen molar-refractivity contribution in [2.24, 2.45) is 0 Å². The molecule has 0 aliphatic rings. The first kappa shape index (κ1) is 14.1. The van der Waals surface area contributed by atoms with E-state index in [9.17, 15) is 0 Å². The van der Waals surface area contributed by atoms with Gasteiger partial charge in [-0.1, -0.05) is 27.5 Å². The Balaban J connectivity index is 2.27. The van der Waals surface area contributed by atoms with Gasteiger partial charge in [-0.05, 0) is 32.0 Å². The van der Waals surface area contributed by atoms with Gasteiger partial charge in [-0.25, -0.2) is 4.98 Å². The fourth-order valence-electron chi connectivity index (χ4n) is 1.53. The SMILES string of the molecule is CCNc1cc(Oc2ccc(Br)cc2Cl)nc(C)n1. The zero-order valence-electron chi connectivity index (χ0n) is 10.6. The minimum atomic E-state index is 0.465. The van der Waals surface area contributed by atoms with Crippen LogP contribution in [-0.4, -0.2) is 16.5 Å². The Labute approximate surface area is 125 Å². The molecule has 0 radical (unpaired) electrons. The highest BCUT2D eigenvalue weighted by Crippen LogP contribution is 2.31. The Hall–Kier alpha value is -1.33. The first-order valence-corrected chi connectivity index (χ1v) is 6.98. The molecule has 0 saturated heterocycles. The number of anilines is 1. The van der Waals surface area contributed by atoms with Crippen molar-refractivity contribution in [2.75, 3.05) is 11.9 Å². The molecule has 0 bridgehead atoms. The van der Waals surface area contributed by atoms with Crippen molar-refractivity contribution in [3.05, 3.63) is 39.6 Å². The summed E-state index contributed by atoms with van der Waals surface area (Å²) >= 11 is 9.46. The Morgan fingerprint density at radius 2 is 2.11 bits per heavy atom. The van der Waals surface area contributed by atoms with Gasteiger partial charge in [0.25, 0.3) is 0 Å². The van der Waals surface area contributed by atoms with Gasteiger partial charge in [0.2, 0.25) is 5.88 Å². The third kappa shape index (κ3) is 3.81. The van der Waals surface area contributed by atoms with E-state index in [-0.39, 0.29) is 0 Å². The lowest BCUT2D eigenvalue weighted by molar-refractivity contribution is 0.460. The predicted molar refractivity (Wildman–Crippen MR) is 80.2 cm³/mol. The van der Waals surface area contributed by atoms with Crippen LogP contribution in [0.3, 0.4) is 0 Å². The van der Waals surface area contributed by atoms with Gasteiger partial charge in [0.15, 0.2) is 0 Å². The molecule has 100 valence electrons. The molecule has 2 rings (SSSR count). The zero-order chi connectivity index (χ0) is 13.8. The molecule has 1 aromatic carbocycles. The average Bonchev–Trinajstić information content (AvgIpc) is 2.32. The monoisotopic (exact) mass is 341 g/mol. The van der Waals surface area contributed by atoms with Crippen molar-refractivity contribution in [1.82, 2.24) is 9.97 Å². The molecule has 1 heterocycles. The minimum absolute atomic E-state index is 0.465. The molecule has 0 aliphatic carbocycles. The highest BCUT2D eigenvalue weighted by Gasteiger charge is 2.07. The van der Waals surface area contributed by atoms with E-state index >= 15 is 0 Å². The van der Waals surface area contributed by atoms with Crippen molar-refractivity contribution < 1.29 is 4.74 Å². The maximum Gasteiger partial charge on any atom is 0.224 e. The number of benzene rings is 1. The fourth-order valence-corrected chi connectivity index (χ4v) is 2.25. The molecule has 1 aromatic heterocycles. The first-order chi connectivity index (χ1) is 9.08. The molecular formula is C13H13BrClN3O. The Kier molecular flexibility index (Phi) is 4.61. The van der Waals surface area contributed by atoms with E-state index in [4.69, 9.17) is 16.3 Å². The van der Waals surface area contributed by atoms with Gasteiger partial charge in [0, 0.05) is 17.1 Å². The number of hydrogen-bond acceptors (Lipinski definition) is 4. The second kappa shape index (κ2) is 6.21. The number of nitrogens with one attached hydrogen (secondary N) is 1. The van der Waals surface area contributed by atoms with Crippen molar-refractivity contribution in [2.45, 2.75) is 13.8 Å². The number of nitrogens with zero attached hydrogens (tertiary/aromatic N) is 2. The Bertz CT molecular complexity index is 592. The smallest absolute Gasteiger partial charge is 0.224 e. The van der Waals surface area contributed by atoms with Crippen molar-refractivity contribution >= 4 is 33.3 Å². The van der Waals surface area contributed by atoms with Gasteiger partial charge < -0.3 is 10.1 Å². The largest absolute Gasteiger partial charge is 0.437 e. The summed E-state index contributed by atoms with van der Waals surface area (Å²) in [6.45, 7) is 4.61.